The molecule has 1 unspecified atom stereocenters. The molecule has 0 saturated carbocycles. The fraction of sp³-hybridized carbons (Fsp3) is 0.615. The second-order valence-corrected chi connectivity index (χ2v) is 4.66. The molecule has 6 nitrogen and oxygen atoms in total. The van der Waals surface area contributed by atoms with Crippen LogP contribution in [0.15, 0.2) is 6.07 Å². The molecule has 1 aliphatic heterocycles. The maximum atomic E-state index is 11.6. The van der Waals surface area contributed by atoms with Gasteiger partial charge in [-0.1, -0.05) is 0 Å². The molecular formula is C13H19N3O3. The molecular weight excluding hydrogens is 246 g/mol. The lowest BCUT2D eigenvalue weighted by molar-refractivity contribution is -0.145. The molecule has 19 heavy (non-hydrogen) atoms. The van der Waals surface area contributed by atoms with Crippen LogP contribution in [-0.2, 0) is 9.53 Å². The van der Waals surface area contributed by atoms with Crippen LogP contribution in [0, 0.1) is 12.8 Å². The summed E-state index contributed by atoms with van der Waals surface area (Å²) in [6.45, 7) is 3.34. The Labute approximate surface area is 112 Å². The van der Waals surface area contributed by atoms with Gasteiger partial charge in [0.1, 0.15) is 0 Å². The number of carbonyl (C=O) groups excluding carboxylic acids is 1. The Hall–Kier alpha value is -1.85. The van der Waals surface area contributed by atoms with E-state index in [9.17, 15) is 4.79 Å². The third kappa shape index (κ3) is 3.13. The summed E-state index contributed by atoms with van der Waals surface area (Å²) in [5, 5.41) is 0. The molecule has 1 atom stereocenters. The number of carbonyl (C=O) groups is 1. The molecule has 104 valence electrons. The number of aromatic nitrogens is 2. The Bertz CT molecular complexity index is 464. The lowest BCUT2D eigenvalue weighted by Gasteiger charge is -2.31. The van der Waals surface area contributed by atoms with Crippen molar-refractivity contribution in [1.29, 1.82) is 0 Å². The van der Waals surface area contributed by atoms with Crippen molar-refractivity contribution >= 4 is 11.9 Å². The van der Waals surface area contributed by atoms with Crippen molar-refractivity contribution in [2.75, 3.05) is 32.2 Å². The van der Waals surface area contributed by atoms with E-state index in [0.29, 0.717) is 18.4 Å². The molecule has 1 aliphatic rings. The number of rotatable bonds is 3. The highest BCUT2D eigenvalue weighted by Gasteiger charge is 2.28. The average molecular weight is 265 g/mol. The van der Waals surface area contributed by atoms with Crippen LogP contribution in [0.3, 0.4) is 0 Å². The molecule has 1 aromatic heterocycles. The quantitative estimate of drug-likeness (QED) is 0.765. The van der Waals surface area contributed by atoms with Gasteiger partial charge in [0.15, 0.2) is 0 Å². The number of ether oxygens (including phenoxy) is 2. The van der Waals surface area contributed by atoms with Crippen molar-refractivity contribution in [1.82, 2.24) is 9.97 Å². The Balaban J connectivity index is 2.17. The molecule has 2 heterocycles. The number of hydrogen-bond donors (Lipinski definition) is 0. The number of anilines is 1. The SMILES string of the molecule is COC(=O)C1CCCN(c2nc(C)cc(OC)n2)C1. The van der Waals surface area contributed by atoms with Crippen LogP contribution in [0.4, 0.5) is 5.95 Å². The number of hydrogen-bond acceptors (Lipinski definition) is 6. The topological polar surface area (TPSA) is 64.5 Å². The molecule has 0 N–H and O–H groups in total. The highest BCUT2D eigenvalue weighted by Crippen LogP contribution is 2.23. The minimum atomic E-state index is -0.163. The molecule has 1 fully saturated rings. The molecule has 1 aromatic rings. The van der Waals surface area contributed by atoms with E-state index in [1.807, 2.05) is 11.8 Å². The predicted molar refractivity (Wildman–Crippen MR) is 70.3 cm³/mol. The second kappa shape index (κ2) is 5.86. The Morgan fingerprint density at radius 2 is 2.21 bits per heavy atom. The summed E-state index contributed by atoms with van der Waals surface area (Å²) in [5.74, 6) is 0.895. The molecule has 0 radical (unpaired) electrons. The number of nitrogens with zero attached hydrogens (tertiary/aromatic N) is 3. The number of esters is 1. The number of methoxy groups -OCH3 is 2. The lowest BCUT2D eigenvalue weighted by Crippen LogP contribution is -2.40. The second-order valence-electron chi connectivity index (χ2n) is 4.66. The summed E-state index contributed by atoms with van der Waals surface area (Å²) in [7, 11) is 3.01. The molecule has 0 aliphatic carbocycles. The maximum Gasteiger partial charge on any atom is 0.310 e. The minimum Gasteiger partial charge on any atom is -0.481 e. The standard InChI is InChI=1S/C13H19N3O3/c1-9-7-11(18-2)15-13(14-9)16-6-4-5-10(8-16)12(17)19-3/h7,10H,4-6,8H2,1-3H3. The first-order valence-corrected chi connectivity index (χ1v) is 6.36. The minimum absolute atomic E-state index is 0.103. The van der Waals surface area contributed by atoms with Gasteiger partial charge in [-0.25, -0.2) is 4.98 Å². The van der Waals surface area contributed by atoms with Crippen LogP contribution in [0.2, 0.25) is 0 Å². The van der Waals surface area contributed by atoms with Crippen LogP contribution in [0.5, 0.6) is 5.88 Å². The van der Waals surface area contributed by atoms with Crippen LogP contribution in [0.25, 0.3) is 0 Å². The Kier molecular flexibility index (Phi) is 4.19. The van der Waals surface area contributed by atoms with Crippen molar-refractivity contribution in [3.8, 4) is 5.88 Å². The predicted octanol–water partition coefficient (Wildman–Crippen LogP) is 1.18. The molecule has 1 saturated heterocycles. The monoisotopic (exact) mass is 265 g/mol. The molecule has 0 bridgehead atoms. The van der Waals surface area contributed by atoms with E-state index in [1.54, 1.807) is 13.2 Å². The van der Waals surface area contributed by atoms with E-state index in [0.717, 1.165) is 25.1 Å². The summed E-state index contributed by atoms with van der Waals surface area (Å²) in [4.78, 5) is 22.4. The summed E-state index contributed by atoms with van der Waals surface area (Å²) < 4.78 is 9.96. The third-order valence-electron chi connectivity index (χ3n) is 3.27. The van der Waals surface area contributed by atoms with Gasteiger partial charge < -0.3 is 14.4 Å². The van der Waals surface area contributed by atoms with Gasteiger partial charge in [-0.2, -0.15) is 4.98 Å². The molecule has 0 aromatic carbocycles. The number of piperidine rings is 1. The van der Waals surface area contributed by atoms with E-state index in [1.165, 1.54) is 7.11 Å². The zero-order valence-electron chi connectivity index (χ0n) is 11.5. The van der Waals surface area contributed by atoms with Crippen LogP contribution >= 0.6 is 0 Å². The maximum absolute atomic E-state index is 11.6. The van der Waals surface area contributed by atoms with E-state index in [4.69, 9.17) is 9.47 Å². The first kappa shape index (κ1) is 13.6. The van der Waals surface area contributed by atoms with Gasteiger partial charge in [-0.15, -0.1) is 0 Å². The van der Waals surface area contributed by atoms with Gasteiger partial charge in [0.25, 0.3) is 0 Å². The summed E-state index contributed by atoms with van der Waals surface area (Å²) >= 11 is 0. The molecule has 6 heteroatoms. The van der Waals surface area contributed by atoms with Crippen molar-refractivity contribution in [3.63, 3.8) is 0 Å². The normalized spacial score (nSPS) is 19.1. The number of aryl methyl sites for hydroxylation is 1. The van der Waals surface area contributed by atoms with Gasteiger partial charge in [0, 0.05) is 24.8 Å². The van der Waals surface area contributed by atoms with Gasteiger partial charge in [0.05, 0.1) is 20.1 Å². The van der Waals surface area contributed by atoms with Gasteiger partial charge in [-0.05, 0) is 19.8 Å². The smallest absolute Gasteiger partial charge is 0.310 e. The van der Waals surface area contributed by atoms with Crippen molar-refractivity contribution in [2.24, 2.45) is 5.92 Å². The lowest BCUT2D eigenvalue weighted by atomic mass is 9.98. The van der Waals surface area contributed by atoms with E-state index in [-0.39, 0.29) is 11.9 Å². The molecule has 0 amide bonds. The summed E-state index contributed by atoms with van der Waals surface area (Å²) in [6.07, 6.45) is 1.78. The molecule has 2 rings (SSSR count). The Morgan fingerprint density at radius 3 is 2.89 bits per heavy atom. The van der Waals surface area contributed by atoms with Crippen LogP contribution < -0.4 is 9.64 Å². The average Bonchev–Trinajstić information content (AvgIpc) is 2.45. The summed E-state index contributed by atoms with van der Waals surface area (Å²) in [6, 6.07) is 1.78. The van der Waals surface area contributed by atoms with E-state index < -0.39 is 0 Å². The van der Waals surface area contributed by atoms with Crippen molar-refractivity contribution < 1.29 is 14.3 Å². The molecule has 0 spiro atoms. The first-order chi connectivity index (χ1) is 9.13. The van der Waals surface area contributed by atoms with Crippen molar-refractivity contribution in [3.05, 3.63) is 11.8 Å². The third-order valence-corrected chi connectivity index (χ3v) is 3.27. The first-order valence-electron chi connectivity index (χ1n) is 6.36. The largest absolute Gasteiger partial charge is 0.481 e. The van der Waals surface area contributed by atoms with Crippen LogP contribution in [-0.4, -0.2) is 43.2 Å². The van der Waals surface area contributed by atoms with Crippen molar-refractivity contribution in [2.45, 2.75) is 19.8 Å². The summed E-state index contributed by atoms with van der Waals surface area (Å²) in [5.41, 5.74) is 0.849. The van der Waals surface area contributed by atoms with E-state index in [2.05, 4.69) is 9.97 Å². The van der Waals surface area contributed by atoms with Gasteiger partial charge in [0.2, 0.25) is 11.8 Å². The van der Waals surface area contributed by atoms with E-state index >= 15 is 0 Å². The highest BCUT2D eigenvalue weighted by molar-refractivity contribution is 5.73. The zero-order valence-corrected chi connectivity index (χ0v) is 11.5. The zero-order chi connectivity index (χ0) is 13.8. The fourth-order valence-corrected chi connectivity index (χ4v) is 2.29. The fourth-order valence-electron chi connectivity index (χ4n) is 2.29. The van der Waals surface area contributed by atoms with Crippen LogP contribution in [0.1, 0.15) is 18.5 Å². The highest BCUT2D eigenvalue weighted by atomic mass is 16.5. The van der Waals surface area contributed by atoms with Gasteiger partial charge in [-0.3, -0.25) is 4.79 Å². The van der Waals surface area contributed by atoms with Gasteiger partial charge >= 0.3 is 5.97 Å². The Morgan fingerprint density at radius 1 is 1.42 bits per heavy atom.